The van der Waals surface area contributed by atoms with E-state index in [0.29, 0.717) is 0 Å². The van der Waals surface area contributed by atoms with Crippen LogP contribution in [0, 0.1) is 0 Å². The summed E-state index contributed by atoms with van der Waals surface area (Å²) in [5, 5.41) is 5.68. The van der Waals surface area contributed by atoms with E-state index in [9.17, 15) is 19.2 Å². The molecule has 0 aliphatic rings. The molecule has 0 spiro atoms. The van der Waals surface area contributed by atoms with Crippen molar-refractivity contribution in [2.24, 2.45) is 0 Å². The van der Waals surface area contributed by atoms with Crippen molar-refractivity contribution in [3.63, 3.8) is 0 Å². The highest BCUT2D eigenvalue weighted by Gasteiger charge is 2.21. The first-order chi connectivity index (χ1) is 14.3. The molecule has 0 saturated heterocycles. The van der Waals surface area contributed by atoms with Gasteiger partial charge in [-0.3, -0.25) is 24.3 Å². The normalized spacial score (nSPS) is 12.0. The minimum absolute atomic E-state index is 0.0585. The van der Waals surface area contributed by atoms with E-state index in [1.165, 1.54) is 6.07 Å². The van der Waals surface area contributed by atoms with Gasteiger partial charge < -0.3 is 10.1 Å². The molecule has 1 aromatic heterocycles. The number of rotatable bonds is 7. The molecule has 2 N–H and O–H groups in total. The van der Waals surface area contributed by atoms with Crippen LogP contribution >= 0.6 is 0 Å². The number of nitrogens with one attached hydrogen (secondary N) is 2. The molecular weight excluding hydrogens is 386 g/mol. The minimum atomic E-state index is -0.632. The van der Waals surface area contributed by atoms with E-state index in [1.54, 1.807) is 56.3 Å². The van der Waals surface area contributed by atoms with Crippen molar-refractivity contribution in [3.8, 4) is 0 Å². The van der Waals surface area contributed by atoms with Gasteiger partial charge in [-0.25, -0.2) is 4.68 Å². The van der Waals surface area contributed by atoms with Crippen molar-refractivity contribution >= 4 is 22.6 Å². The molecule has 156 valence electrons. The van der Waals surface area contributed by atoms with Crippen LogP contribution in [0.1, 0.15) is 31.9 Å². The number of benzene rings is 2. The highest BCUT2D eigenvalue weighted by Crippen LogP contribution is 2.17. The van der Waals surface area contributed by atoms with Crippen LogP contribution in [0.4, 0.5) is 0 Å². The number of hydrogen-bond acceptors (Lipinski definition) is 5. The number of carbonyl (C=O) groups excluding carboxylic acids is 2. The molecule has 1 unspecified atom stereocenters. The Kier molecular flexibility index (Phi) is 6.46. The number of carbonyl (C=O) groups is 2. The van der Waals surface area contributed by atoms with Crippen LogP contribution in [0.5, 0.6) is 0 Å². The Bertz CT molecular complexity index is 1160. The summed E-state index contributed by atoms with van der Waals surface area (Å²) in [6, 6.07) is 14.8. The van der Waals surface area contributed by atoms with Crippen LogP contribution in [0.25, 0.3) is 10.8 Å². The van der Waals surface area contributed by atoms with Crippen LogP contribution in [-0.2, 0) is 20.9 Å². The van der Waals surface area contributed by atoms with Crippen molar-refractivity contribution in [1.82, 2.24) is 15.1 Å². The molecule has 8 nitrogen and oxygen atoms in total. The average Bonchev–Trinajstić information content (AvgIpc) is 2.71. The van der Waals surface area contributed by atoms with Crippen LogP contribution in [0.2, 0.25) is 0 Å². The van der Waals surface area contributed by atoms with Crippen LogP contribution in [0.3, 0.4) is 0 Å². The van der Waals surface area contributed by atoms with Gasteiger partial charge in [0.05, 0.1) is 29.3 Å². The van der Waals surface area contributed by atoms with Crippen molar-refractivity contribution in [3.05, 3.63) is 80.9 Å². The van der Waals surface area contributed by atoms with Crippen LogP contribution < -0.4 is 16.4 Å². The fourth-order valence-corrected chi connectivity index (χ4v) is 3.16. The van der Waals surface area contributed by atoms with Gasteiger partial charge in [0, 0.05) is 0 Å². The monoisotopic (exact) mass is 409 g/mol. The third-order valence-corrected chi connectivity index (χ3v) is 4.46. The zero-order chi connectivity index (χ0) is 21.7. The molecule has 0 aliphatic carbocycles. The van der Waals surface area contributed by atoms with Gasteiger partial charge in [-0.2, -0.15) is 0 Å². The topological polar surface area (TPSA) is 110 Å². The molecule has 1 atom stereocenters. The maximum absolute atomic E-state index is 12.7. The first-order valence-corrected chi connectivity index (χ1v) is 9.61. The Balaban J connectivity index is 1.82. The Morgan fingerprint density at radius 3 is 2.30 bits per heavy atom. The van der Waals surface area contributed by atoms with E-state index in [0.717, 1.165) is 10.2 Å². The minimum Gasteiger partial charge on any atom is -0.463 e. The third-order valence-electron chi connectivity index (χ3n) is 4.46. The maximum Gasteiger partial charge on any atom is 0.308 e. The second-order valence-corrected chi connectivity index (χ2v) is 7.15. The second-order valence-electron chi connectivity index (χ2n) is 7.15. The fraction of sp³-hybridized carbons (Fsp3) is 0.273. The SMILES string of the molecule is CC(C)OC(=O)CC(NC(=O)Cn1[nH]c(=O)c2ccccc2c1=O)c1ccccc1. The average molecular weight is 409 g/mol. The highest BCUT2D eigenvalue weighted by atomic mass is 16.5. The standard InChI is InChI=1S/C22H23N3O5/c1-14(2)30-20(27)12-18(15-8-4-3-5-9-15)23-19(26)13-25-22(29)17-11-7-6-10-16(17)21(28)24-25/h3-11,14,18H,12-13H2,1-2H3,(H,23,26)(H,24,28). The number of ether oxygens (including phenoxy) is 1. The van der Waals surface area contributed by atoms with Gasteiger partial charge in [0.15, 0.2) is 0 Å². The molecular formula is C22H23N3O5. The number of H-pyrrole nitrogens is 1. The Morgan fingerprint density at radius 2 is 1.63 bits per heavy atom. The smallest absolute Gasteiger partial charge is 0.308 e. The molecule has 8 heteroatoms. The van der Waals surface area contributed by atoms with Gasteiger partial charge >= 0.3 is 5.97 Å². The molecule has 0 saturated carbocycles. The Labute approximate surface area is 172 Å². The largest absolute Gasteiger partial charge is 0.463 e. The summed E-state index contributed by atoms with van der Waals surface area (Å²) >= 11 is 0. The molecule has 3 aromatic rings. The van der Waals surface area contributed by atoms with Crippen molar-refractivity contribution in [2.45, 2.75) is 39.0 Å². The molecule has 0 aliphatic heterocycles. The van der Waals surface area contributed by atoms with E-state index in [1.807, 2.05) is 6.07 Å². The number of fused-ring (bicyclic) bond motifs is 1. The zero-order valence-electron chi connectivity index (χ0n) is 16.8. The van der Waals surface area contributed by atoms with Gasteiger partial charge in [0.2, 0.25) is 5.91 Å². The first-order valence-electron chi connectivity index (χ1n) is 9.61. The number of nitrogens with zero attached hydrogens (tertiary/aromatic N) is 1. The van der Waals surface area contributed by atoms with E-state index < -0.39 is 29.0 Å². The summed E-state index contributed by atoms with van der Waals surface area (Å²) in [4.78, 5) is 49.6. The molecule has 1 amide bonds. The number of esters is 1. The summed E-state index contributed by atoms with van der Waals surface area (Å²) in [6.07, 6.45) is -0.331. The quantitative estimate of drug-likeness (QED) is 0.579. The first kappa shape index (κ1) is 21.0. The lowest BCUT2D eigenvalue weighted by Crippen LogP contribution is -2.38. The fourth-order valence-electron chi connectivity index (χ4n) is 3.16. The van der Waals surface area contributed by atoms with Gasteiger partial charge in [-0.15, -0.1) is 0 Å². The van der Waals surface area contributed by atoms with E-state index in [-0.39, 0.29) is 29.8 Å². The second kappa shape index (κ2) is 9.21. The van der Waals surface area contributed by atoms with E-state index >= 15 is 0 Å². The van der Waals surface area contributed by atoms with Gasteiger partial charge in [-0.1, -0.05) is 42.5 Å². The molecule has 1 heterocycles. The van der Waals surface area contributed by atoms with E-state index in [4.69, 9.17) is 4.74 Å². The summed E-state index contributed by atoms with van der Waals surface area (Å²) in [6.45, 7) is 3.11. The van der Waals surface area contributed by atoms with Crippen molar-refractivity contribution in [2.75, 3.05) is 0 Å². The molecule has 2 aromatic carbocycles. The maximum atomic E-state index is 12.7. The molecule has 0 radical (unpaired) electrons. The lowest BCUT2D eigenvalue weighted by Gasteiger charge is -2.19. The Morgan fingerprint density at radius 1 is 1.00 bits per heavy atom. The summed E-state index contributed by atoms with van der Waals surface area (Å²) in [5.74, 6) is -0.968. The molecule has 0 fully saturated rings. The predicted molar refractivity (Wildman–Crippen MR) is 112 cm³/mol. The highest BCUT2D eigenvalue weighted by molar-refractivity contribution is 5.81. The van der Waals surface area contributed by atoms with Crippen molar-refractivity contribution in [1.29, 1.82) is 0 Å². The predicted octanol–water partition coefficient (Wildman–Crippen LogP) is 1.89. The van der Waals surface area contributed by atoms with Crippen LogP contribution in [-0.4, -0.2) is 27.8 Å². The number of aromatic nitrogens is 2. The van der Waals surface area contributed by atoms with E-state index in [2.05, 4.69) is 10.4 Å². The molecule has 3 rings (SSSR count). The number of hydrogen-bond donors (Lipinski definition) is 2. The number of amides is 1. The Hall–Kier alpha value is -3.68. The zero-order valence-corrected chi connectivity index (χ0v) is 16.8. The van der Waals surface area contributed by atoms with Gasteiger partial charge in [-0.05, 0) is 31.5 Å². The molecule has 30 heavy (non-hydrogen) atoms. The third kappa shape index (κ3) is 5.02. The number of aromatic amines is 1. The lowest BCUT2D eigenvalue weighted by atomic mass is 10.0. The lowest BCUT2D eigenvalue weighted by molar-refractivity contribution is -0.148. The summed E-state index contributed by atoms with van der Waals surface area (Å²) in [7, 11) is 0. The van der Waals surface area contributed by atoms with Crippen molar-refractivity contribution < 1.29 is 14.3 Å². The van der Waals surface area contributed by atoms with Gasteiger partial charge in [0.1, 0.15) is 6.54 Å². The molecule has 0 bridgehead atoms. The van der Waals surface area contributed by atoms with Crippen LogP contribution in [0.15, 0.2) is 64.2 Å². The summed E-state index contributed by atoms with van der Waals surface area (Å²) < 4.78 is 6.16. The summed E-state index contributed by atoms with van der Waals surface area (Å²) in [5.41, 5.74) is -0.208. The van der Waals surface area contributed by atoms with Gasteiger partial charge in [0.25, 0.3) is 11.1 Å².